The predicted molar refractivity (Wildman–Crippen MR) is 214 cm³/mol. The Kier molecular flexibility index (Phi) is 14.0. The Balaban J connectivity index is 1.44. The van der Waals surface area contributed by atoms with Crippen LogP contribution in [0.2, 0.25) is 0 Å². The molecule has 1 heterocycles. The molecule has 1 fully saturated rings. The zero-order valence-corrected chi connectivity index (χ0v) is 31.7. The van der Waals surface area contributed by atoms with Crippen molar-refractivity contribution in [2.45, 2.75) is 63.2 Å². The number of likely N-dealkylation sites (N-methyl/N-ethyl adjacent to an activating group) is 1. The van der Waals surface area contributed by atoms with E-state index in [1.54, 1.807) is 12.1 Å². The van der Waals surface area contributed by atoms with E-state index in [0.29, 0.717) is 12.0 Å². The van der Waals surface area contributed by atoms with Crippen molar-refractivity contribution in [2.75, 3.05) is 26.7 Å². The van der Waals surface area contributed by atoms with Gasteiger partial charge in [-0.3, -0.25) is 29.0 Å². The third-order valence-electron chi connectivity index (χ3n) is 9.87. The molecule has 4 atom stereocenters. The number of carbonyl (C=O) groups excluding carboxylic acids is 5. The number of hydrogen-bond acceptors (Lipinski definition) is 7. The van der Waals surface area contributed by atoms with Gasteiger partial charge in [0.05, 0.1) is 0 Å². The fourth-order valence-corrected chi connectivity index (χ4v) is 7.10. The first-order valence-electron chi connectivity index (χ1n) is 18.7. The molecule has 5 amide bonds. The van der Waals surface area contributed by atoms with Gasteiger partial charge in [0.15, 0.2) is 5.96 Å². The van der Waals surface area contributed by atoms with Gasteiger partial charge < -0.3 is 42.3 Å². The van der Waals surface area contributed by atoms with E-state index in [-0.39, 0.29) is 62.9 Å². The molecule has 8 N–H and O–H groups in total. The third-order valence-corrected chi connectivity index (χ3v) is 9.87. The summed E-state index contributed by atoms with van der Waals surface area (Å²) in [5.41, 5.74) is 13.5. The number of rotatable bonds is 16. The van der Waals surface area contributed by atoms with Crippen LogP contribution in [-0.4, -0.2) is 101 Å². The molecular formula is C42H50N8O6. The van der Waals surface area contributed by atoms with Crippen LogP contribution >= 0.6 is 0 Å². The Labute approximate surface area is 326 Å². The van der Waals surface area contributed by atoms with Gasteiger partial charge in [-0.25, -0.2) is 0 Å². The lowest BCUT2D eigenvalue weighted by Gasteiger charge is -2.44. The van der Waals surface area contributed by atoms with E-state index in [1.165, 1.54) is 35.9 Å². The summed E-state index contributed by atoms with van der Waals surface area (Å²) in [6.45, 7) is 1.67. The maximum atomic E-state index is 14.7. The van der Waals surface area contributed by atoms with E-state index < -0.39 is 47.8 Å². The van der Waals surface area contributed by atoms with Crippen molar-refractivity contribution in [3.63, 3.8) is 0 Å². The van der Waals surface area contributed by atoms with E-state index in [4.69, 9.17) is 11.5 Å². The number of piperazine rings is 1. The summed E-state index contributed by atoms with van der Waals surface area (Å²) >= 11 is 0. The largest absolute Gasteiger partial charge is 0.508 e. The number of amides is 5. The van der Waals surface area contributed by atoms with Crippen LogP contribution in [0.1, 0.15) is 36.5 Å². The highest BCUT2D eigenvalue weighted by molar-refractivity contribution is 5.96. The smallest absolute Gasteiger partial charge is 0.246 e. The molecule has 0 aliphatic carbocycles. The van der Waals surface area contributed by atoms with Crippen LogP contribution in [-0.2, 0) is 43.2 Å². The number of benzene rings is 4. The third kappa shape index (κ3) is 10.8. The molecule has 0 unspecified atom stereocenters. The number of phenolic OH excluding ortho intramolecular Hbond substituents is 1. The number of nitrogens with one attached hydrogen (secondary N) is 3. The van der Waals surface area contributed by atoms with E-state index in [1.807, 2.05) is 72.8 Å². The van der Waals surface area contributed by atoms with Crippen molar-refractivity contribution in [3.05, 3.63) is 114 Å². The second-order valence-corrected chi connectivity index (χ2v) is 13.9. The first-order chi connectivity index (χ1) is 26.9. The molecule has 0 bridgehead atoms. The minimum atomic E-state index is -1.12. The summed E-state index contributed by atoms with van der Waals surface area (Å²) < 4.78 is 0. The summed E-state index contributed by atoms with van der Waals surface area (Å²) in [5.74, 6) is -2.30. The van der Waals surface area contributed by atoms with E-state index in [2.05, 4.69) is 20.9 Å². The minimum Gasteiger partial charge on any atom is -0.508 e. The van der Waals surface area contributed by atoms with Crippen molar-refractivity contribution in [3.8, 4) is 5.75 Å². The Bertz CT molecular complexity index is 2040. The van der Waals surface area contributed by atoms with Crippen molar-refractivity contribution in [2.24, 2.45) is 16.5 Å². The fourth-order valence-electron chi connectivity index (χ4n) is 7.10. The number of nitrogens with zero attached hydrogens (tertiary/aromatic N) is 3. The molecule has 0 aromatic heterocycles. The molecule has 0 radical (unpaired) electrons. The van der Waals surface area contributed by atoms with Gasteiger partial charge >= 0.3 is 0 Å². The quantitative estimate of drug-likeness (QED) is 0.0561. The minimum absolute atomic E-state index is 0.0561. The van der Waals surface area contributed by atoms with Crippen LogP contribution in [0.5, 0.6) is 5.75 Å². The molecule has 4 aromatic carbocycles. The standard InChI is InChI=1S/C42H50N8O6/c1-27(51)47-34(24-29-15-18-33(52)19-16-29)38(53)48-35(25-28-9-4-3-5-10-28)40(55)49-21-22-50(41(56)36(49)13-8-20-46-42(43)44)37(39(54)45-2)26-30-14-17-31-11-6-7-12-32(31)23-30/h3-7,9-12,14-19,23,34-37,52H,8,13,20-22,24-26H2,1-2H3,(H,45,54)(H,47,51)(H,48,53)(H4,43,44,46)/t34-,35+,36-,37-/m0/s1. The average molecular weight is 763 g/mol. The maximum Gasteiger partial charge on any atom is 0.246 e. The SMILES string of the molecule is CNC(=O)[C@H](Cc1ccc2ccccc2c1)N1CCN(C(=O)[C@@H](Cc2ccccc2)NC(=O)[C@H](Cc2ccc(O)cc2)NC(C)=O)[C@@H](CCCN=C(N)N)C1=O. The van der Waals surface area contributed by atoms with Gasteiger partial charge in [0.25, 0.3) is 0 Å². The molecule has 0 spiro atoms. The fraction of sp³-hybridized carbons (Fsp3) is 0.333. The molecule has 294 valence electrons. The van der Waals surface area contributed by atoms with Crippen LogP contribution in [0.4, 0.5) is 0 Å². The predicted octanol–water partition coefficient (Wildman–Crippen LogP) is 1.77. The zero-order chi connectivity index (χ0) is 40.2. The lowest BCUT2D eigenvalue weighted by Crippen LogP contribution is -2.66. The van der Waals surface area contributed by atoms with Crippen molar-refractivity contribution in [1.29, 1.82) is 0 Å². The van der Waals surface area contributed by atoms with E-state index in [9.17, 15) is 29.1 Å². The van der Waals surface area contributed by atoms with Gasteiger partial charge in [-0.15, -0.1) is 0 Å². The molecule has 14 nitrogen and oxygen atoms in total. The lowest BCUT2D eigenvalue weighted by molar-refractivity contribution is -0.157. The Morgan fingerprint density at radius 1 is 0.786 bits per heavy atom. The molecule has 14 heteroatoms. The normalized spacial score (nSPS) is 15.7. The molecule has 1 aliphatic heterocycles. The molecule has 0 saturated carbocycles. The van der Waals surface area contributed by atoms with Crippen LogP contribution in [0, 0.1) is 0 Å². The van der Waals surface area contributed by atoms with Crippen LogP contribution < -0.4 is 27.4 Å². The Hall–Kier alpha value is -6.44. The highest BCUT2D eigenvalue weighted by Gasteiger charge is 2.43. The summed E-state index contributed by atoms with van der Waals surface area (Å²) in [7, 11) is 1.53. The zero-order valence-electron chi connectivity index (χ0n) is 31.7. The molecule has 1 aliphatic rings. The van der Waals surface area contributed by atoms with Crippen molar-refractivity contribution < 1.29 is 29.1 Å². The number of guanidine groups is 1. The molecular weight excluding hydrogens is 713 g/mol. The van der Waals surface area contributed by atoms with Gasteiger partial charge in [0.1, 0.15) is 29.9 Å². The second kappa shape index (κ2) is 19.2. The molecule has 56 heavy (non-hydrogen) atoms. The number of hydrogen-bond donors (Lipinski definition) is 6. The van der Waals surface area contributed by atoms with Gasteiger partial charge in [-0.05, 0) is 52.4 Å². The Morgan fingerprint density at radius 2 is 1.43 bits per heavy atom. The van der Waals surface area contributed by atoms with Gasteiger partial charge in [0.2, 0.25) is 29.5 Å². The Morgan fingerprint density at radius 3 is 2.11 bits per heavy atom. The van der Waals surface area contributed by atoms with E-state index in [0.717, 1.165) is 21.9 Å². The number of phenols is 1. The van der Waals surface area contributed by atoms with Crippen LogP contribution in [0.3, 0.4) is 0 Å². The first-order valence-corrected chi connectivity index (χ1v) is 18.7. The summed E-state index contributed by atoms with van der Waals surface area (Å²) in [6.07, 6.45) is 1.00. The first kappa shape index (κ1) is 40.7. The number of fused-ring (bicyclic) bond motifs is 1. The topological polar surface area (TPSA) is 213 Å². The molecule has 1 saturated heterocycles. The molecule has 5 rings (SSSR count). The van der Waals surface area contributed by atoms with Crippen LogP contribution in [0.15, 0.2) is 102 Å². The molecule has 4 aromatic rings. The number of aromatic hydroxyl groups is 1. The monoisotopic (exact) mass is 762 g/mol. The second-order valence-electron chi connectivity index (χ2n) is 13.9. The number of nitrogens with two attached hydrogens (primary N) is 2. The number of aliphatic imine (C=N–C) groups is 1. The highest BCUT2D eigenvalue weighted by atomic mass is 16.3. The highest BCUT2D eigenvalue weighted by Crippen LogP contribution is 2.24. The van der Waals surface area contributed by atoms with Gasteiger partial charge in [-0.2, -0.15) is 0 Å². The van der Waals surface area contributed by atoms with E-state index >= 15 is 0 Å². The number of carbonyl (C=O) groups is 5. The summed E-state index contributed by atoms with van der Waals surface area (Å²) in [6, 6.07) is 25.3. The maximum absolute atomic E-state index is 14.7. The van der Waals surface area contributed by atoms with Crippen LogP contribution in [0.25, 0.3) is 10.8 Å². The summed E-state index contributed by atoms with van der Waals surface area (Å²) in [4.78, 5) is 76.1. The summed E-state index contributed by atoms with van der Waals surface area (Å²) in [5, 5.41) is 20.1. The van der Waals surface area contributed by atoms with Gasteiger partial charge in [-0.1, -0.05) is 84.9 Å². The van der Waals surface area contributed by atoms with Gasteiger partial charge in [0, 0.05) is 52.9 Å². The van der Waals surface area contributed by atoms with Crippen molar-refractivity contribution in [1.82, 2.24) is 25.8 Å². The average Bonchev–Trinajstić information content (AvgIpc) is 3.19. The lowest BCUT2D eigenvalue weighted by atomic mass is 9.96. The van der Waals surface area contributed by atoms with Crippen molar-refractivity contribution >= 4 is 46.3 Å².